The predicted octanol–water partition coefficient (Wildman–Crippen LogP) is 0.633. The SMILES string of the molecule is CNC1=C(NC(C)=O)C(=O)c2ccccc2C1=O. The first kappa shape index (κ1) is 12.0. The Hall–Kier alpha value is -2.43. The molecule has 0 bridgehead atoms. The van der Waals surface area contributed by atoms with Crippen LogP contribution in [-0.4, -0.2) is 24.5 Å². The molecule has 0 heterocycles. The van der Waals surface area contributed by atoms with Crippen molar-refractivity contribution in [1.82, 2.24) is 10.6 Å². The quantitative estimate of drug-likeness (QED) is 0.800. The van der Waals surface area contributed by atoms with Crippen LogP contribution >= 0.6 is 0 Å². The zero-order valence-corrected chi connectivity index (χ0v) is 10.0. The number of rotatable bonds is 2. The monoisotopic (exact) mass is 244 g/mol. The van der Waals surface area contributed by atoms with Crippen molar-refractivity contribution in [1.29, 1.82) is 0 Å². The van der Waals surface area contributed by atoms with Gasteiger partial charge in [0.05, 0.1) is 0 Å². The average Bonchev–Trinajstić information content (AvgIpc) is 2.36. The third-order valence-corrected chi connectivity index (χ3v) is 2.67. The molecule has 0 aliphatic heterocycles. The lowest BCUT2D eigenvalue weighted by Crippen LogP contribution is -2.36. The van der Waals surface area contributed by atoms with Gasteiger partial charge in [-0.25, -0.2) is 0 Å². The second kappa shape index (κ2) is 4.44. The van der Waals surface area contributed by atoms with Gasteiger partial charge in [-0.05, 0) is 0 Å². The second-order valence-electron chi connectivity index (χ2n) is 3.89. The molecule has 1 aliphatic carbocycles. The minimum Gasteiger partial charge on any atom is -0.383 e. The first-order chi connectivity index (χ1) is 8.56. The van der Waals surface area contributed by atoms with E-state index >= 15 is 0 Å². The molecule has 2 N–H and O–H groups in total. The molecule has 92 valence electrons. The Balaban J connectivity index is 2.61. The van der Waals surface area contributed by atoms with Gasteiger partial charge >= 0.3 is 0 Å². The van der Waals surface area contributed by atoms with Crippen LogP contribution in [0.1, 0.15) is 27.6 Å². The molecular formula is C13H12N2O3. The van der Waals surface area contributed by atoms with Gasteiger partial charge in [-0.3, -0.25) is 14.4 Å². The van der Waals surface area contributed by atoms with Gasteiger partial charge in [0.1, 0.15) is 11.4 Å². The number of carbonyl (C=O) groups is 3. The van der Waals surface area contributed by atoms with Crippen molar-refractivity contribution in [2.24, 2.45) is 0 Å². The van der Waals surface area contributed by atoms with E-state index in [1.807, 2.05) is 0 Å². The Labute approximate surface area is 104 Å². The highest BCUT2D eigenvalue weighted by molar-refractivity contribution is 6.27. The molecule has 1 aliphatic rings. The third kappa shape index (κ3) is 1.79. The van der Waals surface area contributed by atoms with Crippen molar-refractivity contribution >= 4 is 17.5 Å². The van der Waals surface area contributed by atoms with Gasteiger partial charge in [0.2, 0.25) is 17.5 Å². The molecule has 18 heavy (non-hydrogen) atoms. The standard InChI is InChI=1S/C13H12N2O3/c1-7(16)15-11-10(14-2)12(17)8-5-3-4-6-9(8)13(11)18/h3-6,14H,1-2H3,(H,15,16). The number of benzene rings is 1. The van der Waals surface area contributed by atoms with Gasteiger partial charge in [0.15, 0.2) is 0 Å². The number of nitrogens with one attached hydrogen (secondary N) is 2. The average molecular weight is 244 g/mol. The summed E-state index contributed by atoms with van der Waals surface area (Å²) >= 11 is 0. The molecule has 0 saturated carbocycles. The number of hydrogen-bond donors (Lipinski definition) is 2. The van der Waals surface area contributed by atoms with Crippen molar-refractivity contribution < 1.29 is 14.4 Å². The molecule has 5 heteroatoms. The minimum absolute atomic E-state index is 0.00806. The number of likely N-dealkylation sites (N-methyl/N-ethyl adjacent to an activating group) is 1. The van der Waals surface area contributed by atoms with Gasteiger partial charge in [0.25, 0.3) is 0 Å². The first-order valence-corrected chi connectivity index (χ1v) is 5.44. The van der Waals surface area contributed by atoms with E-state index in [9.17, 15) is 14.4 Å². The van der Waals surface area contributed by atoms with E-state index < -0.39 is 5.91 Å². The number of amides is 1. The van der Waals surface area contributed by atoms with Gasteiger partial charge in [0, 0.05) is 25.1 Å². The normalized spacial score (nSPS) is 14.3. The maximum atomic E-state index is 12.2. The molecule has 1 amide bonds. The fourth-order valence-corrected chi connectivity index (χ4v) is 1.91. The van der Waals surface area contributed by atoms with Crippen molar-refractivity contribution in [3.8, 4) is 0 Å². The lowest BCUT2D eigenvalue weighted by Gasteiger charge is -2.20. The van der Waals surface area contributed by atoms with Crippen LogP contribution in [0, 0.1) is 0 Å². The van der Waals surface area contributed by atoms with E-state index in [2.05, 4.69) is 10.6 Å². The van der Waals surface area contributed by atoms with Gasteiger partial charge in [-0.2, -0.15) is 0 Å². The Kier molecular flexibility index (Phi) is 2.97. The highest BCUT2D eigenvalue weighted by Gasteiger charge is 2.31. The van der Waals surface area contributed by atoms with Crippen molar-refractivity contribution in [3.63, 3.8) is 0 Å². The molecule has 0 unspecified atom stereocenters. The molecule has 2 rings (SSSR count). The number of fused-ring (bicyclic) bond motifs is 1. The van der Waals surface area contributed by atoms with Gasteiger partial charge < -0.3 is 10.6 Å². The van der Waals surface area contributed by atoms with E-state index in [1.165, 1.54) is 14.0 Å². The summed E-state index contributed by atoms with van der Waals surface area (Å²) in [7, 11) is 1.54. The summed E-state index contributed by atoms with van der Waals surface area (Å²) in [6.07, 6.45) is 0. The highest BCUT2D eigenvalue weighted by atomic mass is 16.2. The van der Waals surface area contributed by atoms with Crippen molar-refractivity contribution in [2.75, 3.05) is 7.05 Å². The number of hydrogen-bond acceptors (Lipinski definition) is 4. The predicted molar refractivity (Wildman–Crippen MR) is 65.0 cm³/mol. The number of carbonyl (C=O) groups excluding carboxylic acids is 3. The fourth-order valence-electron chi connectivity index (χ4n) is 1.91. The Bertz CT molecular complexity index is 588. The second-order valence-corrected chi connectivity index (χ2v) is 3.89. The summed E-state index contributed by atoms with van der Waals surface area (Å²) < 4.78 is 0. The third-order valence-electron chi connectivity index (χ3n) is 2.67. The number of Topliss-reactive ketones (excluding diaryl/α,β-unsaturated/α-hetero) is 2. The molecule has 0 spiro atoms. The summed E-state index contributed by atoms with van der Waals surface area (Å²) in [4.78, 5) is 35.5. The number of allylic oxidation sites excluding steroid dienone is 2. The molecule has 0 saturated heterocycles. The summed E-state index contributed by atoms with van der Waals surface area (Å²) in [5.74, 6) is -1.04. The van der Waals surface area contributed by atoms with Crippen LogP contribution in [0.4, 0.5) is 0 Å². The van der Waals surface area contributed by atoms with E-state index in [4.69, 9.17) is 0 Å². The summed E-state index contributed by atoms with van der Waals surface area (Å²) in [5, 5.41) is 5.09. The molecule has 1 aromatic carbocycles. The summed E-state index contributed by atoms with van der Waals surface area (Å²) in [5.41, 5.74) is 0.786. The van der Waals surface area contributed by atoms with Crippen LogP contribution in [0.15, 0.2) is 35.7 Å². The molecule has 0 atom stereocenters. The minimum atomic E-state index is -0.390. The lowest BCUT2D eigenvalue weighted by atomic mass is 9.90. The summed E-state index contributed by atoms with van der Waals surface area (Å²) in [6.45, 7) is 1.29. The molecule has 5 nitrogen and oxygen atoms in total. The van der Waals surface area contributed by atoms with Crippen LogP contribution in [0.5, 0.6) is 0 Å². The van der Waals surface area contributed by atoms with E-state index in [-0.39, 0.29) is 23.0 Å². The van der Waals surface area contributed by atoms with Gasteiger partial charge in [-0.1, -0.05) is 24.3 Å². The zero-order valence-electron chi connectivity index (χ0n) is 10.0. The maximum absolute atomic E-state index is 12.2. The Morgan fingerprint density at radius 2 is 1.50 bits per heavy atom. The van der Waals surface area contributed by atoms with Crippen LogP contribution in [0.3, 0.4) is 0 Å². The van der Waals surface area contributed by atoms with Crippen LogP contribution in [0.25, 0.3) is 0 Å². The molecule has 0 radical (unpaired) electrons. The largest absolute Gasteiger partial charge is 0.383 e. The Morgan fingerprint density at radius 1 is 1.00 bits per heavy atom. The van der Waals surface area contributed by atoms with E-state index in [1.54, 1.807) is 24.3 Å². The molecule has 0 aromatic heterocycles. The Morgan fingerprint density at radius 3 is 1.94 bits per heavy atom. The molecule has 0 fully saturated rings. The zero-order chi connectivity index (χ0) is 13.3. The summed E-state index contributed by atoms with van der Waals surface area (Å²) in [6, 6.07) is 6.54. The van der Waals surface area contributed by atoms with Crippen LogP contribution in [0.2, 0.25) is 0 Å². The molecule has 1 aromatic rings. The van der Waals surface area contributed by atoms with Crippen molar-refractivity contribution in [2.45, 2.75) is 6.92 Å². The molecular weight excluding hydrogens is 232 g/mol. The van der Waals surface area contributed by atoms with Crippen LogP contribution < -0.4 is 10.6 Å². The van der Waals surface area contributed by atoms with Gasteiger partial charge in [-0.15, -0.1) is 0 Å². The topological polar surface area (TPSA) is 75.3 Å². The fraction of sp³-hybridized carbons (Fsp3) is 0.154. The van der Waals surface area contributed by atoms with Crippen molar-refractivity contribution in [3.05, 3.63) is 46.8 Å². The smallest absolute Gasteiger partial charge is 0.221 e. The van der Waals surface area contributed by atoms with E-state index in [0.717, 1.165) is 0 Å². The first-order valence-electron chi connectivity index (χ1n) is 5.44. The maximum Gasteiger partial charge on any atom is 0.221 e. The number of ketones is 2. The van der Waals surface area contributed by atoms with Crippen LogP contribution in [-0.2, 0) is 4.79 Å². The van der Waals surface area contributed by atoms with E-state index in [0.29, 0.717) is 11.1 Å². The highest BCUT2D eigenvalue weighted by Crippen LogP contribution is 2.23. The lowest BCUT2D eigenvalue weighted by molar-refractivity contribution is -0.118.